The third-order valence-corrected chi connectivity index (χ3v) is 2.18. The van der Waals surface area contributed by atoms with Gasteiger partial charge in [-0.3, -0.25) is 15.0 Å². The summed E-state index contributed by atoms with van der Waals surface area (Å²) in [5.41, 5.74) is 12.9. The second-order valence-corrected chi connectivity index (χ2v) is 3.95. The van der Waals surface area contributed by atoms with Gasteiger partial charge in [0.15, 0.2) is 0 Å². The number of aliphatic carboxylic acids is 1. The van der Waals surface area contributed by atoms with Crippen molar-refractivity contribution < 1.29 is 24.9 Å². The molecule has 0 heterocycles. The van der Waals surface area contributed by atoms with Crippen LogP contribution in [0.5, 0.6) is 0 Å². The summed E-state index contributed by atoms with van der Waals surface area (Å²) in [4.78, 5) is 21.8. The zero-order valence-electron chi connectivity index (χ0n) is 10.1. The van der Waals surface area contributed by atoms with Gasteiger partial charge in [-0.25, -0.2) is 5.01 Å². The average molecular weight is 264 g/mol. The topological polar surface area (TPSA) is 162 Å². The molecule has 0 aliphatic rings. The molecule has 9 heteroatoms. The highest BCUT2D eigenvalue weighted by Gasteiger charge is 2.24. The normalized spacial score (nSPS) is 16.1. The third-order valence-electron chi connectivity index (χ3n) is 2.18. The molecule has 0 aromatic rings. The molecule has 0 radical (unpaired) electrons. The molecule has 0 aliphatic heterocycles. The van der Waals surface area contributed by atoms with E-state index in [1.807, 2.05) is 0 Å². The lowest BCUT2D eigenvalue weighted by Crippen LogP contribution is -2.50. The van der Waals surface area contributed by atoms with Crippen LogP contribution in [0.15, 0.2) is 0 Å². The van der Waals surface area contributed by atoms with Crippen LogP contribution in [0.4, 0.5) is 0 Å². The van der Waals surface area contributed by atoms with Gasteiger partial charge in [0.05, 0.1) is 12.2 Å². The summed E-state index contributed by atoms with van der Waals surface area (Å²) in [6.45, 7) is -0.537. The van der Waals surface area contributed by atoms with E-state index < -0.39 is 30.1 Å². The molecule has 0 rings (SSSR count). The van der Waals surface area contributed by atoms with Crippen molar-refractivity contribution in [2.75, 3.05) is 20.1 Å². The molecule has 0 aromatic heterocycles. The predicted octanol–water partition coefficient (Wildman–Crippen LogP) is -3.57. The highest BCUT2D eigenvalue weighted by molar-refractivity contribution is 5.77. The molecule has 1 amide bonds. The molecule has 106 valence electrons. The van der Waals surface area contributed by atoms with Crippen molar-refractivity contribution in [3.63, 3.8) is 0 Å². The van der Waals surface area contributed by atoms with Crippen LogP contribution in [0, 0.1) is 0 Å². The van der Waals surface area contributed by atoms with E-state index >= 15 is 0 Å². The lowest BCUT2D eigenvalue weighted by molar-refractivity contribution is -0.139. The van der Waals surface area contributed by atoms with E-state index in [0.29, 0.717) is 0 Å². The first kappa shape index (κ1) is 16.7. The van der Waals surface area contributed by atoms with E-state index in [4.69, 9.17) is 16.6 Å². The number of rotatable bonds is 8. The number of hydrazine groups is 1. The van der Waals surface area contributed by atoms with E-state index in [1.54, 1.807) is 0 Å². The fourth-order valence-electron chi connectivity index (χ4n) is 1.26. The summed E-state index contributed by atoms with van der Waals surface area (Å²) in [5, 5.41) is 28.2. The molecule has 0 spiro atoms. The third kappa shape index (κ3) is 6.47. The molecular weight excluding hydrogens is 244 g/mol. The number of carboxylic acids is 1. The number of aliphatic hydroxyl groups is 2. The van der Waals surface area contributed by atoms with Crippen LogP contribution in [-0.4, -0.2) is 70.6 Å². The fraction of sp³-hybridized carbons (Fsp3) is 0.778. The van der Waals surface area contributed by atoms with Gasteiger partial charge >= 0.3 is 5.97 Å². The van der Waals surface area contributed by atoms with E-state index in [2.05, 4.69) is 5.43 Å². The van der Waals surface area contributed by atoms with E-state index in [9.17, 15) is 19.8 Å². The van der Waals surface area contributed by atoms with Crippen molar-refractivity contribution in [3.05, 3.63) is 0 Å². The number of hydrogen-bond donors (Lipinski definition) is 6. The second kappa shape index (κ2) is 7.95. The second-order valence-electron chi connectivity index (χ2n) is 3.95. The number of likely N-dealkylation sites (N-methyl/N-ethyl adjacent to an activating group) is 1. The SMILES string of the molecule is CN(CC(=O)O)NC(=O)C[C@H](N)[C@@H](O)[C@@H](O)CN. The zero-order chi connectivity index (χ0) is 14.3. The van der Waals surface area contributed by atoms with Crippen LogP contribution in [-0.2, 0) is 9.59 Å². The molecule has 0 fully saturated rings. The number of aliphatic hydroxyl groups excluding tert-OH is 2. The van der Waals surface area contributed by atoms with E-state index in [0.717, 1.165) is 5.01 Å². The lowest BCUT2D eigenvalue weighted by atomic mass is 10.0. The minimum absolute atomic E-state index is 0.171. The monoisotopic (exact) mass is 264 g/mol. The Morgan fingerprint density at radius 1 is 1.39 bits per heavy atom. The predicted molar refractivity (Wildman–Crippen MR) is 62.1 cm³/mol. The van der Waals surface area contributed by atoms with Crippen molar-refractivity contribution in [2.24, 2.45) is 11.5 Å². The smallest absolute Gasteiger partial charge is 0.319 e. The van der Waals surface area contributed by atoms with E-state index in [-0.39, 0.29) is 19.5 Å². The summed E-state index contributed by atoms with van der Waals surface area (Å²) < 4.78 is 0. The number of nitrogens with zero attached hydrogens (tertiary/aromatic N) is 1. The number of nitrogens with one attached hydrogen (secondary N) is 1. The highest BCUT2D eigenvalue weighted by Crippen LogP contribution is 2.01. The van der Waals surface area contributed by atoms with Crippen LogP contribution in [0.1, 0.15) is 6.42 Å². The first-order valence-corrected chi connectivity index (χ1v) is 5.32. The maximum atomic E-state index is 11.4. The van der Waals surface area contributed by atoms with Gasteiger partial charge in [0.2, 0.25) is 5.91 Å². The van der Waals surface area contributed by atoms with Crippen molar-refractivity contribution in [1.29, 1.82) is 0 Å². The van der Waals surface area contributed by atoms with Crippen LogP contribution < -0.4 is 16.9 Å². The number of carboxylic acid groups (broad SMARTS) is 1. The van der Waals surface area contributed by atoms with Crippen molar-refractivity contribution in [1.82, 2.24) is 10.4 Å². The van der Waals surface area contributed by atoms with Crippen LogP contribution in [0.2, 0.25) is 0 Å². The molecular formula is C9H20N4O5. The van der Waals surface area contributed by atoms with Crippen molar-refractivity contribution in [2.45, 2.75) is 24.7 Å². The van der Waals surface area contributed by atoms with Gasteiger partial charge in [0.25, 0.3) is 0 Å². The quantitative estimate of drug-likeness (QED) is 0.245. The maximum Gasteiger partial charge on any atom is 0.319 e. The average Bonchev–Trinajstić information content (AvgIpc) is 2.25. The molecule has 0 aromatic carbocycles. The summed E-state index contributed by atoms with van der Waals surface area (Å²) in [6, 6.07) is -0.984. The van der Waals surface area contributed by atoms with E-state index in [1.165, 1.54) is 7.05 Å². The Balaban J connectivity index is 4.11. The summed E-state index contributed by atoms with van der Waals surface area (Å²) in [7, 11) is 1.38. The van der Waals surface area contributed by atoms with Crippen LogP contribution in [0.3, 0.4) is 0 Å². The van der Waals surface area contributed by atoms with Crippen molar-refractivity contribution in [3.8, 4) is 0 Å². The summed E-state index contributed by atoms with van der Waals surface area (Å²) >= 11 is 0. The fourth-order valence-corrected chi connectivity index (χ4v) is 1.26. The summed E-state index contributed by atoms with van der Waals surface area (Å²) in [6.07, 6.45) is -2.78. The standard InChI is InChI=1S/C9H20N4O5/c1-13(4-8(16)17)12-7(15)2-5(11)9(18)6(14)3-10/h5-6,9,14,18H,2-4,10-11H2,1H3,(H,12,15)(H,16,17)/t5-,6-,9+/m0/s1. The Morgan fingerprint density at radius 2 is 1.94 bits per heavy atom. The first-order valence-electron chi connectivity index (χ1n) is 5.32. The number of hydrogen-bond acceptors (Lipinski definition) is 7. The van der Waals surface area contributed by atoms with Gasteiger partial charge < -0.3 is 26.8 Å². The molecule has 3 atom stereocenters. The minimum Gasteiger partial charge on any atom is -0.480 e. The number of carbonyl (C=O) groups is 2. The molecule has 18 heavy (non-hydrogen) atoms. The van der Waals surface area contributed by atoms with Gasteiger partial charge in [-0.15, -0.1) is 0 Å². The van der Waals surface area contributed by atoms with Crippen LogP contribution >= 0.6 is 0 Å². The van der Waals surface area contributed by atoms with Gasteiger partial charge in [0, 0.05) is 26.1 Å². The first-order chi connectivity index (χ1) is 8.27. The van der Waals surface area contributed by atoms with Crippen LogP contribution in [0.25, 0.3) is 0 Å². The zero-order valence-corrected chi connectivity index (χ0v) is 10.1. The Labute approximate surface area is 104 Å². The Bertz CT molecular complexity index is 288. The molecule has 0 aliphatic carbocycles. The number of carbonyl (C=O) groups excluding carboxylic acids is 1. The maximum absolute atomic E-state index is 11.4. The van der Waals surface area contributed by atoms with Gasteiger partial charge in [0.1, 0.15) is 6.54 Å². The molecule has 9 nitrogen and oxygen atoms in total. The highest BCUT2D eigenvalue weighted by atomic mass is 16.4. The van der Waals surface area contributed by atoms with Gasteiger partial charge in [-0.2, -0.15) is 0 Å². The van der Waals surface area contributed by atoms with Gasteiger partial charge in [-0.05, 0) is 0 Å². The Morgan fingerprint density at radius 3 is 2.39 bits per heavy atom. The number of nitrogens with two attached hydrogens (primary N) is 2. The molecule has 0 saturated heterocycles. The Kier molecular flexibility index (Phi) is 7.39. The molecule has 0 unspecified atom stereocenters. The lowest BCUT2D eigenvalue weighted by Gasteiger charge is -2.23. The van der Waals surface area contributed by atoms with Gasteiger partial charge in [-0.1, -0.05) is 0 Å². The molecule has 0 saturated carbocycles. The van der Waals surface area contributed by atoms with Crippen molar-refractivity contribution >= 4 is 11.9 Å². The largest absolute Gasteiger partial charge is 0.480 e. The number of amides is 1. The minimum atomic E-state index is -1.31. The Hall–Kier alpha value is -1.26. The molecule has 8 N–H and O–H groups in total. The summed E-state index contributed by atoms with van der Waals surface area (Å²) in [5.74, 6) is -1.66. The molecule has 0 bridgehead atoms.